The molecule has 1 N–H and O–H groups in total. The summed E-state index contributed by atoms with van der Waals surface area (Å²) in [5, 5.41) is 9.47. The molecule has 2 fully saturated rings. The molecule has 3 atom stereocenters. The van der Waals surface area contributed by atoms with Crippen molar-refractivity contribution in [1.29, 1.82) is 0 Å². The van der Waals surface area contributed by atoms with Crippen molar-refractivity contribution in [1.82, 2.24) is 15.2 Å². The fourth-order valence-electron chi connectivity index (χ4n) is 3.41. The number of pyridine rings is 1. The highest BCUT2D eigenvalue weighted by atomic mass is 32.1. The average Bonchev–Trinajstić information content (AvgIpc) is 3.04. The fourth-order valence-corrected chi connectivity index (χ4v) is 4.17. The molecule has 1 unspecified atom stereocenters. The molecule has 0 spiro atoms. The van der Waals surface area contributed by atoms with Gasteiger partial charge in [0.1, 0.15) is 5.69 Å². The van der Waals surface area contributed by atoms with Crippen LogP contribution in [0.3, 0.4) is 0 Å². The SMILES string of the molecule is O=C(N[C@@H]1C[C@H]2CCN(C2)C1)c1cc2cscc2cn1. The van der Waals surface area contributed by atoms with Gasteiger partial charge in [-0.3, -0.25) is 9.78 Å². The Morgan fingerprint density at radius 2 is 2.25 bits per heavy atom. The van der Waals surface area contributed by atoms with Gasteiger partial charge in [-0.1, -0.05) is 0 Å². The molecule has 4 heterocycles. The van der Waals surface area contributed by atoms with Crippen molar-refractivity contribution in [2.24, 2.45) is 5.92 Å². The van der Waals surface area contributed by atoms with Gasteiger partial charge in [-0.15, -0.1) is 0 Å². The molecular weight excluding hydrogens is 270 g/mol. The van der Waals surface area contributed by atoms with Crippen LogP contribution in [0.25, 0.3) is 10.8 Å². The van der Waals surface area contributed by atoms with Crippen molar-refractivity contribution in [3.63, 3.8) is 0 Å². The first-order valence-corrected chi connectivity index (χ1v) is 8.07. The van der Waals surface area contributed by atoms with Crippen LogP contribution in [0.4, 0.5) is 0 Å². The molecule has 2 aromatic rings. The number of nitrogens with zero attached hydrogens (tertiary/aromatic N) is 2. The van der Waals surface area contributed by atoms with Crippen molar-refractivity contribution >= 4 is 28.0 Å². The number of carbonyl (C=O) groups is 1. The molecule has 0 saturated carbocycles. The van der Waals surface area contributed by atoms with E-state index in [4.69, 9.17) is 0 Å². The van der Waals surface area contributed by atoms with E-state index in [2.05, 4.69) is 26.0 Å². The summed E-state index contributed by atoms with van der Waals surface area (Å²) in [6.45, 7) is 3.39. The van der Waals surface area contributed by atoms with E-state index in [-0.39, 0.29) is 11.9 Å². The molecule has 0 radical (unpaired) electrons. The van der Waals surface area contributed by atoms with Gasteiger partial charge >= 0.3 is 0 Å². The number of piperidine rings is 1. The number of nitrogens with one attached hydrogen (secondary N) is 1. The lowest BCUT2D eigenvalue weighted by molar-refractivity contribution is 0.0904. The quantitative estimate of drug-likeness (QED) is 0.920. The molecule has 20 heavy (non-hydrogen) atoms. The maximum absolute atomic E-state index is 12.3. The fraction of sp³-hybridized carbons (Fsp3) is 0.467. The van der Waals surface area contributed by atoms with Crippen LogP contribution >= 0.6 is 11.3 Å². The standard InChI is InChI=1S/C15H17N3OS/c19-15(14-4-11-8-20-9-12(11)5-16-14)17-13-3-10-1-2-18(6-10)7-13/h4-5,8-10,13H,1-3,6-7H2,(H,17,19)/t10-,13-/m1/s1. The van der Waals surface area contributed by atoms with Crippen LogP contribution in [0.2, 0.25) is 0 Å². The van der Waals surface area contributed by atoms with Gasteiger partial charge in [0.2, 0.25) is 0 Å². The molecule has 2 aromatic heterocycles. The summed E-state index contributed by atoms with van der Waals surface area (Å²) in [4.78, 5) is 19.1. The number of amides is 1. The van der Waals surface area contributed by atoms with Gasteiger partial charge in [-0.25, -0.2) is 0 Å². The van der Waals surface area contributed by atoms with Gasteiger partial charge in [-0.05, 0) is 42.1 Å². The van der Waals surface area contributed by atoms with Gasteiger partial charge in [0.15, 0.2) is 0 Å². The van der Waals surface area contributed by atoms with Gasteiger partial charge in [-0.2, -0.15) is 11.3 Å². The van der Waals surface area contributed by atoms with Gasteiger partial charge in [0.25, 0.3) is 5.91 Å². The first-order valence-electron chi connectivity index (χ1n) is 7.13. The largest absolute Gasteiger partial charge is 0.347 e. The van der Waals surface area contributed by atoms with E-state index in [9.17, 15) is 4.79 Å². The zero-order valence-corrected chi connectivity index (χ0v) is 12.0. The third-order valence-corrected chi connectivity index (χ3v) is 5.17. The number of hydrogen-bond acceptors (Lipinski definition) is 4. The van der Waals surface area contributed by atoms with E-state index in [1.165, 1.54) is 19.5 Å². The molecule has 104 valence electrons. The second kappa shape index (κ2) is 4.82. The minimum absolute atomic E-state index is 0.0365. The van der Waals surface area contributed by atoms with Crippen LogP contribution in [-0.4, -0.2) is 41.5 Å². The third kappa shape index (κ3) is 2.21. The van der Waals surface area contributed by atoms with Crippen LogP contribution in [0, 0.1) is 5.92 Å². The molecule has 2 aliphatic heterocycles. The Morgan fingerprint density at radius 3 is 3.15 bits per heavy atom. The minimum atomic E-state index is -0.0365. The summed E-state index contributed by atoms with van der Waals surface area (Å²) in [6, 6.07) is 2.17. The number of carbonyl (C=O) groups excluding carboxylic acids is 1. The van der Waals surface area contributed by atoms with E-state index in [1.807, 2.05) is 6.07 Å². The summed E-state index contributed by atoms with van der Waals surface area (Å²) in [7, 11) is 0. The Bertz CT molecular complexity index is 641. The number of fused-ring (bicyclic) bond motifs is 3. The van der Waals surface area contributed by atoms with Crippen LogP contribution in [0.1, 0.15) is 23.3 Å². The predicted octanol–water partition coefficient (Wildman–Crippen LogP) is 2.12. The first kappa shape index (κ1) is 12.3. The van der Waals surface area contributed by atoms with E-state index < -0.39 is 0 Å². The lowest BCUT2D eigenvalue weighted by Crippen LogP contribution is -2.47. The molecule has 2 aliphatic rings. The predicted molar refractivity (Wildman–Crippen MR) is 80.0 cm³/mol. The third-order valence-electron chi connectivity index (χ3n) is 4.39. The van der Waals surface area contributed by atoms with E-state index in [1.54, 1.807) is 17.5 Å². The second-order valence-corrected chi connectivity index (χ2v) is 6.63. The van der Waals surface area contributed by atoms with Gasteiger partial charge in [0.05, 0.1) is 0 Å². The van der Waals surface area contributed by atoms with Crippen molar-refractivity contribution in [3.8, 4) is 0 Å². The molecule has 0 aliphatic carbocycles. The molecule has 1 amide bonds. The summed E-state index contributed by atoms with van der Waals surface area (Å²) >= 11 is 1.64. The second-order valence-electron chi connectivity index (χ2n) is 5.89. The Labute approximate surface area is 121 Å². The molecule has 5 heteroatoms. The molecule has 2 saturated heterocycles. The highest BCUT2D eigenvalue weighted by Crippen LogP contribution is 2.27. The maximum Gasteiger partial charge on any atom is 0.270 e. The van der Waals surface area contributed by atoms with E-state index in [0.29, 0.717) is 5.69 Å². The topological polar surface area (TPSA) is 45.2 Å². The Morgan fingerprint density at radius 1 is 1.35 bits per heavy atom. The van der Waals surface area contributed by atoms with Crippen molar-refractivity contribution in [2.75, 3.05) is 19.6 Å². The monoisotopic (exact) mass is 287 g/mol. The number of aromatic nitrogens is 1. The van der Waals surface area contributed by atoms with Crippen molar-refractivity contribution in [3.05, 3.63) is 28.7 Å². The highest BCUT2D eigenvalue weighted by Gasteiger charge is 2.33. The lowest BCUT2D eigenvalue weighted by atomic mass is 9.97. The molecular formula is C15H17N3OS. The molecule has 0 aromatic carbocycles. The summed E-state index contributed by atoms with van der Waals surface area (Å²) < 4.78 is 0. The molecule has 2 bridgehead atoms. The summed E-state index contributed by atoms with van der Waals surface area (Å²) in [5.74, 6) is 0.729. The summed E-state index contributed by atoms with van der Waals surface area (Å²) in [6.07, 6.45) is 4.18. The van der Waals surface area contributed by atoms with E-state index >= 15 is 0 Å². The van der Waals surface area contributed by atoms with Crippen LogP contribution in [-0.2, 0) is 0 Å². The molecule has 4 rings (SSSR count). The van der Waals surface area contributed by atoms with Crippen molar-refractivity contribution < 1.29 is 4.79 Å². The normalized spacial score (nSPS) is 28.7. The Balaban J connectivity index is 1.49. The Hall–Kier alpha value is -1.46. The Kier molecular flexibility index (Phi) is 2.97. The van der Waals surface area contributed by atoms with Crippen molar-refractivity contribution in [2.45, 2.75) is 18.9 Å². The highest BCUT2D eigenvalue weighted by molar-refractivity contribution is 7.09. The zero-order chi connectivity index (χ0) is 13.5. The first-order chi connectivity index (χ1) is 9.78. The number of thiophene rings is 1. The van der Waals surface area contributed by atoms with Gasteiger partial charge < -0.3 is 10.2 Å². The van der Waals surface area contributed by atoms with Crippen LogP contribution < -0.4 is 5.32 Å². The van der Waals surface area contributed by atoms with E-state index in [0.717, 1.165) is 29.7 Å². The van der Waals surface area contributed by atoms with Gasteiger partial charge in [0, 0.05) is 36.1 Å². The minimum Gasteiger partial charge on any atom is -0.347 e. The summed E-state index contributed by atoms with van der Waals surface area (Å²) in [5.41, 5.74) is 0.531. The van der Waals surface area contributed by atoms with Crippen LogP contribution in [0.15, 0.2) is 23.0 Å². The smallest absolute Gasteiger partial charge is 0.270 e. The lowest BCUT2D eigenvalue weighted by Gasteiger charge is -2.30. The average molecular weight is 287 g/mol. The number of hydrogen-bond donors (Lipinski definition) is 1. The number of rotatable bonds is 2. The van der Waals surface area contributed by atoms with Crippen LogP contribution in [0.5, 0.6) is 0 Å². The zero-order valence-electron chi connectivity index (χ0n) is 11.2. The molecule has 4 nitrogen and oxygen atoms in total. The maximum atomic E-state index is 12.3.